The van der Waals surface area contributed by atoms with E-state index in [0.717, 1.165) is 0 Å². The summed E-state index contributed by atoms with van der Waals surface area (Å²) in [5.41, 5.74) is 1.29. The number of halogens is 2. The maximum absolute atomic E-state index is 12.4. The summed E-state index contributed by atoms with van der Waals surface area (Å²) in [5, 5.41) is 2.94. The van der Waals surface area contributed by atoms with Crippen LogP contribution < -0.4 is 10.1 Å². The number of thioether (sulfide) groups is 2. The highest BCUT2D eigenvalue weighted by atomic mass is 32.2. The molecule has 4 nitrogen and oxygen atoms in total. The zero-order chi connectivity index (χ0) is 19.1. The summed E-state index contributed by atoms with van der Waals surface area (Å²) < 4.78 is 30.9. The molecule has 0 aromatic heterocycles. The van der Waals surface area contributed by atoms with Gasteiger partial charge in [0.2, 0.25) is 0 Å². The third-order valence-electron chi connectivity index (χ3n) is 4.70. The molecule has 1 aromatic carbocycles. The number of alkyl halides is 2. The summed E-state index contributed by atoms with van der Waals surface area (Å²) in [6, 6.07) is 8.02. The van der Waals surface area contributed by atoms with E-state index in [2.05, 4.69) is 17.4 Å². The predicted octanol–water partition coefficient (Wildman–Crippen LogP) is 3.78. The van der Waals surface area contributed by atoms with Gasteiger partial charge in [-0.3, -0.25) is 9.69 Å². The first-order valence-electron chi connectivity index (χ1n) is 9.36. The monoisotopic (exact) mass is 416 g/mol. The number of hydrogen-bond donors (Lipinski definition) is 1. The predicted molar refractivity (Wildman–Crippen MR) is 108 cm³/mol. The fraction of sp³-hybridized carbons (Fsp3) is 0.632. The van der Waals surface area contributed by atoms with Crippen LogP contribution >= 0.6 is 23.5 Å². The number of benzene rings is 1. The van der Waals surface area contributed by atoms with Crippen molar-refractivity contribution in [3.8, 4) is 5.75 Å². The molecule has 0 unspecified atom stereocenters. The lowest BCUT2D eigenvalue weighted by atomic mass is 10.1. The number of piperidine rings is 1. The minimum absolute atomic E-state index is 0.0243. The molecule has 0 atom stereocenters. The van der Waals surface area contributed by atoms with Crippen LogP contribution in [0.5, 0.6) is 5.75 Å². The van der Waals surface area contributed by atoms with E-state index < -0.39 is 6.43 Å². The van der Waals surface area contributed by atoms with Gasteiger partial charge in [-0.1, -0.05) is 12.1 Å². The van der Waals surface area contributed by atoms with Crippen molar-refractivity contribution in [2.24, 2.45) is 0 Å². The van der Waals surface area contributed by atoms with E-state index in [4.69, 9.17) is 4.74 Å². The zero-order valence-corrected chi connectivity index (χ0v) is 16.9. The van der Waals surface area contributed by atoms with Crippen LogP contribution in [0.25, 0.3) is 0 Å². The summed E-state index contributed by atoms with van der Waals surface area (Å²) in [6.45, 7) is 0.977. The molecule has 2 aliphatic heterocycles. The Kier molecular flexibility index (Phi) is 8.08. The Morgan fingerprint density at radius 1 is 1.19 bits per heavy atom. The molecule has 2 heterocycles. The van der Waals surface area contributed by atoms with Crippen molar-refractivity contribution in [2.45, 2.75) is 36.3 Å². The van der Waals surface area contributed by atoms with Gasteiger partial charge in [0, 0.05) is 19.1 Å². The van der Waals surface area contributed by atoms with Gasteiger partial charge in [-0.05, 0) is 48.5 Å². The normalized spacial score (nSPS) is 20.0. The summed E-state index contributed by atoms with van der Waals surface area (Å²) in [5.74, 6) is 2.94. The highest BCUT2D eigenvalue weighted by molar-refractivity contribution is 8.16. The van der Waals surface area contributed by atoms with Gasteiger partial charge >= 0.3 is 0 Å². The van der Waals surface area contributed by atoms with Crippen LogP contribution in [0.1, 0.15) is 29.4 Å². The van der Waals surface area contributed by atoms with E-state index >= 15 is 0 Å². The molecule has 1 aromatic rings. The number of carbonyl (C=O) groups excluding carboxylic acids is 1. The third-order valence-corrected chi connectivity index (χ3v) is 7.71. The number of nitrogens with one attached hydrogen (secondary N) is 1. The van der Waals surface area contributed by atoms with Gasteiger partial charge < -0.3 is 10.1 Å². The van der Waals surface area contributed by atoms with E-state index in [0.29, 0.717) is 36.3 Å². The molecule has 0 saturated carbocycles. The first-order chi connectivity index (χ1) is 13.1. The highest BCUT2D eigenvalue weighted by Gasteiger charge is 2.22. The second kappa shape index (κ2) is 10.5. The molecule has 0 aliphatic carbocycles. The topological polar surface area (TPSA) is 41.6 Å². The average Bonchev–Trinajstić information content (AvgIpc) is 2.69. The van der Waals surface area contributed by atoms with Crippen LogP contribution in [0.3, 0.4) is 0 Å². The number of carbonyl (C=O) groups is 1. The Morgan fingerprint density at radius 3 is 2.48 bits per heavy atom. The van der Waals surface area contributed by atoms with Crippen molar-refractivity contribution < 1.29 is 18.3 Å². The Bertz CT molecular complexity index is 590. The van der Waals surface area contributed by atoms with Gasteiger partial charge in [0.05, 0.1) is 11.1 Å². The summed E-state index contributed by atoms with van der Waals surface area (Å²) in [7, 11) is 0. The molecule has 150 valence electrons. The number of rotatable bonds is 7. The first kappa shape index (κ1) is 20.7. The number of likely N-dealkylation sites (tertiary alicyclic amines) is 1. The van der Waals surface area contributed by atoms with Crippen molar-refractivity contribution in [1.82, 2.24) is 10.2 Å². The van der Waals surface area contributed by atoms with Crippen LogP contribution in [0.15, 0.2) is 24.3 Å². The minimum Gasteiger partial charge on any atom is -0.484 e. The van der Waals surface area contributed by atoms with Crippen LogP contribution in [-0.4, -0.2) is 61.0 Å². The van der Waals surface area contributed by atoms with E-state index in [9.17, 15) is 13.6 Å². The van der Waals surface area contributed by atoms with E-state index in [1.54, 1.807) is 4.90 Å². The summed E-state index contributed by atoms with van der Waals surface area (Å²) in [6.07, 6.45) is 0.368. The molecular formula is C19H26F2N2O2S2. The molecule has 1 amide bonds. The van der Waals surface area contributed by atoms with Crippen molar-refractivity contribution in [1.29, 1.82) is 0 Å². The van der Waals surface area contributed by atoms with Gasteiger partial charge in [0.15, 0.2) is 6.61 Å². The van der Waals surface area contributed by atoms with Crippen molar-refractivity contribution in [2.75, 3.05) is 37.7 Å². The second-order valence-corrected chi connectivity index (χ2v) is 9.54. The Balaban J connectivity index is 1.36. The van der Waals surface area contributed by atoms with Gasteiger partial charge in [0.25, 0.3) is 12.3 Å². The molecule has 3 rings (SSSR count). The molecule has 2 fully saturated rings. The van der Waals surface area contributed by atoms with E-state index in [-0.39, 0.29) is 25.1 Å². The molecule has 27 heavy (non-hydrogen) atoms. The lowest BCUT2D eigenvalue weighted by molar-refractivity contribution is -0.124. The minimum atomic E-state index is -2.30. The Labute approximate surface area is 167 Å². The smallest absolute Gasteiger partial charge is 0.258 e. The van der Waals surface area contributed by atoms with Crippen molar-refractivity contribution in [3.05, 3.63) is 29.8 Å². The third kappa shape index (κ3) is 6.84. The van der Waals surface area contributed by atoms with Gasteiger partial charge in [-0.2, -0.15) is 0 Å². The SMILES string of the molecule is O=C(COc1ccc(C2SCCCS2)cc1)NC1CCN(CC(F)F)CC1. The van der Waals surface area contributed by atoms with Crippen molar-refractivity contribution in [3.63, 3.8) is 0 Å². The number of hydrogen-bond acceptors (Lipinski definition) is 5. The van der Waals surface area contributed by atoms with Gasteiger partial charge in [0.1, 0.15) is 5.75 Å². The average molecular weight is 417 g/mol. The maximum Gasteiger partial charge on any atom is 0.258 e. The molecule has 1 N–H and O–H groups in total. The quantitative estimate of drug-likeness (QED) is 0.733. The first-order valence-corrected chi connectivity index (χ1v) is 11.5. The molecule has 0 radical (unpaired) electrons. The largest absolute Gasteiger partial charge is 0.484 e. The summed E-state index contributed by atoms with van der Waals surface area (Å²) >= 11 is 3.95. The lowest BCUT2D eigenvalue weighted by Gasteiger charge is -2.31. The van der Waals surface area contributed by atoms with Gasteiger partial charge in [-0.15, -0.1) is 23.5 Å². The van der Waals surface area contributed by atoms with Gasteiger partial charge in [-0.25, -0.2) is 8.78 Å². The van der Waals surface area contributed by atoms with E-state index in [1.807, 2.05) is 35.7 Å². The molecule has 2 aliphatic rings. The molecular weight excluding hydrogens is 390 g/mol. The Morgan fingerprint density at radius 2 is 1.85 bits per heavy atom. The molecule has 8 heteroatoms. The fourth-order valence-electron chi connectivity index (χ4n) is 3.27. The van der Waals surface area contributed by atoms with Crippen LogP contribution in [0, 0.1) is 0 Å². The number of nitrogens with zero attached hydrogens (tertiary/aromatic N) is 1. The second-order valence-electron chi connectivity index (χ2n) is 6.82. The summed E-state index contributed by atoms with van der Waals surface area (Å²) in [4.78, 5) is 13.8. The number of ether oxygens (including phenoxy) is 1. The standard InChI is InChI=1S/C19H26F2N2O2S2/c20-17(21)12-23-8-6-15(7-9-23)22-18(24)13-25-16-4-2-14(3-5-16)19-26-10-1-11-27-19/h2-5,15,17,19H,1,6-13H2,(H,22,24). The zero-order valence-electron chi connectivity index (χ0n) is 15.2. The molecule has 0 spiro atoms. The Hall–Kier alpha value is -0.990. The highest BCUT2D eigenvalue weighted by Crippen LogP contribution is 2.43. The van der Waals surface area contributed by atoms with Crippen LogP contribution in [0.4, 0.5) is 8.78 Å². The van der Waals surface area contributed by atoms with Crippen LogP contribution in [0.2, 0.25) is 0 Å². The van der Waals surface area contributed by atoms with Crippen LogP contribution in [-0.2, 0) is 4.79 Å². The van der Waals surface area contributed by atoms with Crippen molar-refractivity contribution >= 4 is 29.4 Å². The number of amides is 1. The van der Waals surface area contributed by atoms with E-state index in [1.165, 1.54) is 23.5 Å². The molecule has 0 bridgehead atoms. The maximum atomic E-state index is 12.4. The lowest BCUT2D eigenvalue weighted by Crippen LogP contribution is -2.46. The molecule has 2 saturated heterocycles. The fourth-order valence-corrected chi connectivity index (χ4v) is 6.17.